The second-order valence-corrected chi connectivity index (χ2v) is 5.91. The number of nitrogens with one attached hydrogen (secondary N) is 2. The van der Waals surface area contributed by atoms with Gasteiger partial charge in [0.15, 0.2) is 17.3 Å². The number of benzene rings is 2. The van der Waals surface area contributed by atoms with Crippen molar-refractivity contribution in [2.75, 3.05) is 19.5 Å². The second kappa shape index (κ2) is 6.18. The largest absolute Gasteiger partial charge is 0.493 e. The SMILES string of the molecule is COc1cc2[nH]c3c(Nc4cc(F)ccc4C)ncnc3c2cc1OC. The molecule has 0 radical (unpaired) electrons. The molecule has 7 heteroatoms. The summed E-state index contributed by atoms with van der Waals surface area (Å²) in [5.74, 6) is 1.50. The fourth-order valence-electron chi connectivity index (χ4n) is 2.97. The summed E-state index contributed by atoms with van der Waals surface area (Å²) in [4.78, 5) is 12.0. The highest BCUT2D eigenvalue weighted by Crippen LogP contribution is 2.36. The van der Waals surface area contributed by atoms with Crippen molar-refractivity contribution in [2.24, 2.45) is 0 Å². The minimum atomic E-state index is -0.311. The first kappa shape index (κ1) is 16.1. The number of halogens is 1. The molecule has 0 unspecified atom stereocenters. The Hall–Kier alpha value is -3.35. The van der Waals surface area contributed by atoms with E-state index in [-0.39, 0.29) is 5.82 Å². The first-order valence-corrected chi connectivity index (χ1v) is 8.02. The molecular formula is C19H17FN4O2. The molecule has 2 aromatic carbocycles. The summed E-state index contributed by atoms with van der Waals surface area (Å²) in [7, 11) is 3.18. The highest BCUT2D eigenvalue weighted by Gasteiger charge is 2.15. The van der Waals surface area contributed by atoms with Crippen LogP contribution in [0.1, 0.15) is 5.56 Å². The van der Waals surface area contributed by atoms with Crippen LogP contribution < -0.4 is 14.8 Å². The number of aromatic amines is 1. The van der Waals surface area contributed by atoms with Gasteiger partial charge in [0.2, 0.25) is 0 Å². The zero-order valence-electron chi connectivity index (χ0n) is 14.6. The van der Waals surface area contributed by atoms with Crippen molar-refractivity contribution in [3.05, 3.63) is 48.0 Å². The van der Waals surface area contributed by atoms with Crippen molar-refractivity contribution >= 4 is 33.4 Å². The van der Waals surface area contributed by atoms with Crippen LogP contribution in [0, 0.1) is 12.7 Å². The minimum Gasteiger partial charge on any atom is -0.493 e. The van der Waals surface area contributed by atoms with Gasteiger partial charge in [-0.2, -0.15) is 0 Å². The summed E-state index contributed by atoms with van der Waals surface area (Å²) in [5.41, 5.74) is 3.88. The summed E-state index contributed by atoms with van der Waals surface area (Å²) in [6.07, 6.45) is 1.48. The molecule has 2 N–H and O–H groups in total. The number of ether oxygens (including phenoxy) is 2. The van der Waals surface area contributed by atoms with E-state index in [0.717, 1.165) is 27.5 Å². The molecule has 0 atom stereocenters. The Labute approximate surface area is 149 Å². The maximum atomic E-state index is 13.6. The predicted octanol–water partition coefficient (Wildman–Crippen LogP) is 4.32. The van der Waals surface area contributed by atoms with E-state index < -0.39 is 0 Å². The number of fused-ring (bicyclic) bond motifs is 3. The van der Waals surface area contributed by atoms with E-state index in [4.69, 9.17) is 9.47 Å². The molecule has 2 aromatic heterocycles. The summed E-state index contributed by atoms with van der Waals surface area (Å²) in [6, 6.07) is 8.32. The quantitative estimate of drug-likeness (QED) is 0.572. The highest BCUT2D eigenvalue weighted by molar-refractivity contribution is 6.09. The first-order valence-electron chi connectivity index (χ1n) is 8.02. The van der Waals surface area contributed by atoms with Gasteiger partial charge in [-0.1, -0.05) is 6.07 Å². The zero-order chi connectivity index (χ0) is 18.3. The third-order valence-corrected chi connectivity index (χ3v) is 4.34. The zero-order valence-corrected chi connectivity index (χ0v) is 14.6. The van der Waals surface area contributed by atoms with Crippen LogP contribution in [0.25, 0.3) is 21.9 Å². The van der Waals surface area contributed by atoms with E-state index >= 15 is 0 Å². The lowest BCUT2D eigenvalue weighted by Crippen LogP contribution is -1.98. The normalized spacial score (nSPS) is 11.1. The van der Waals surface area contributed by atoms with E-state index in [0.29, 0.717) is 23.0 Å². The van der Waals surface area contributed by atoms with Crippen LogP contribution in [0.5, 0.6) is 11.5 Å². The van der Waals surface area contributed by atoms with Crippen molar-refractivity contribution in [3.63, 3.8) is 0 Å². The molecule has 2 heterocycles. The first-order chi connectivity index (χ1) is 12.6. The Bertz CT molecular complexity index is 1120. The van der Waals surface area contributed by atoms with Crippen LogP contribution in [0.2, 0.25) is 0 Å². The highest BCUT2D eigenvalue weighted by atomic mass is 19.1. The predicted molar refractivity (Wildman–Crippen MR) is 98.9 cm³/mol. The van der Waals surface area contributed by atoms with E-state index in [1.807, 2.05) is 19.1 Å². The van der Waals surface area contributed by atoms with Gasteiger partial charge in [0.05, 0.1) is 19.7 Å². The second-order valence-electron chi connectivity index (χ2n) is 5.91. The molecule has 4 aromatic rings. The Morgan fingerprint density at radius 2 is 1.81 bits per heavy atom. The fourth-order valence-corrected chi connectivity index (χ4v) is 2.97. The Balaban J connectivity index is 1.90. The molecule has 0 aliphatic carbocycles. The van der Waals surface area contributed by atoms with E-state index in [9.17, 15) is 4.39 Å². The van der Waals surface area contributed by atoms with Crippen LogP contribution in [-0.4, -0.2) is 29.2 Å². The van der Waals surface area contributed by atoms with E-state index in [1.165, 1.54) is 18.5 Å². The third kappa shape index (κ3) is 2.57. The summed E-state index contributed by atoms with van der Waals surface area (Å²) in [5, 5.41) is 4.08. The maximum Gasteiger partial charge on any atom is 0.162 e. The molecule has 6 nitrogen and oxygen atoms in total. The third-order valence-electron chi connectivity index (χ3n) is 4.34. The molecule has 0 saturated heterocycles. The Morgan fingerprint density at radius 1 is 1.04 bits per heavy atom. The van der Waals surface area contributed by atoms with Crippen LogP contribution in [0.4, 0.5) is 15.9 Å². The molecule has 0 saturated carbocycles. The maximum absolute atomic E-state index is 13.6. The molecule has 4 rings (SSSR count). The summed E-state index contributed by atoms with van der Waals surface area (Å²) >= 11 is 0. The molecule has 0 amide bonds. The van der Waals surface area contributed by atoms with Crippen molar-refractivity contribution in [2.45, 2.75) is 6.92 Å². The van der Waals surface area contributed by atoms with Gasteiger partial charge in [-0.15, -0.1) is 0 Å². The number of aryl methyl sites for hydroxylation is 1. The van der Waals surface area contributed by atoms with Gasteiger partial charge in [0, 0.05) is 17.1 Å². The Morgan fingerprint density at radius 3 is 2.58 bits per heavy atom. The molecule has 132 valence electrons. The van der Waals surface area contributed by atoms with Gasteiger partial charge in [0.25, 0.3) is 0 Å². The number of H-pyrrole nitrogens is 1. The molecule has 0 bridgehead atoms. The topological polar surface area (TPSA) is 72.1 Å². The standard InChI is InChI=1S/C19H17FN4O2/c1-10-4-5-11(20)6-13(10)24-19-18-17(21-9-22-19)12-7-15(25-2)16(26-3)8-14(12)23-18/h4-9,23H,1-3H3,(H,21,22,24). The van der Waals surface area contributed by atoms with Gasteiger partial charge < -0.3 is 19.8 Å². The van der Waals surface area contributed by atoms with E-state index in [1.54, 1.807) is 20.3 Å². The molecule has 26 heavy (non-hydrogen) atoms. The fraction of sp³-hybridized carbons (Fsp3) is 0.158. The van der Waals surface area contributed by atoms with Crippen molar-refractivity contribution in [1.82, 2.24) is 15.0 Å². The van der Waals surface area contributed by atoms with Crippen LogP contribution in [0.15, 0.2) is 36.7 Å². The lowest BCUT2D eigenvalue weighted by Gasteiger charge is -2.09. The van der Waals surface area contributed by atoms with Crippen LogP contribution in [-0.2, 0) is 0 Å². The van der Waals surface area contributed by atoms with Gasteiger partial charge in [-0.3, -0.25) is 0 Å². The average molecular weight is 352 g/mol. The van der Waals surface area contributed by atoms with Gasteiger partial charge >= 0.3 is 0 Å². The molecule has 0 aliphatic heterocycles. The smallest absolute Gasteiger partial charge is 0.162 e. The van der Waals surface area contributed by atoms with Gasteiger partial charge in [-0.25, -0.2) is 14.4 Å². The number of rotatable bonds is 4. The van der Waals surface area contributed by atoms with Crippen LogP contribution >= 0.6 is 0 Å². The number of hydrogen-bond donors (Lipinski definition) is 2. The lowest BCUT2D eigenvalue weighted by atomic mass is 10.2. The van der Waals surface area contributed by atoms with Crippen molar-refractivity contribution in [3.8, 4) is 11.5 Å². The van der Waals surface area contributed by atoms with Gasteiger partial charge in [-0.05, 0) is 30.7 Å². The monoisotopic (exact) mass is 352 g/mol. The summed E-state index contributed by atoms with van der Waals surface area (Å²) in [6.45, 7) is 1.90. The summed E-state index contributed by atoms with van der Waals surface area (Å²) < 4.78 is 24.3. The number of aromatic nitrogens is 3. The number of methoxy groups -OCH3 is 2. The lowest BCUT2D eigenvalue weighted by molar-refractivity contribution is 0.356. The number of anilines is 2. The van der Waals surface area contributed by atoms with Crippen molar-refractivity contribution < 1.29 is 13.9 Å². The molecule has 0 aliphatic rings. The van der Waals surface area contributed by atoms with E-state index in [2.05, 4.69) is 20.3 Å². The molecular weight excluding hydrogens is 335 g/mol. The number of hydrogen-bond acceptors (Lipinski definition) is 5. The van der Waals surface area contributed by atoms with Crippen molar-refractivity contribution in [1.29, 1.82) is 0 Å². The molecule has 0 fully saturated rings. The number of nitrogens with zero attached hydrogens (tertiary/aromatic N) is 2. The van der Waals surface area contributed by atoms with Gasteiger partial charge in [0.1, 0.15) is 23.2 Å². The Kier molecular flexibility index (Phi) is 3.84. The minimum absolute atomic E-state index is 0.311. The average Bonchev–Trinajstić information content (AvgIpc) is 3.02. The molecule has 0 spiro atoms. The van der Waals surface area contributed by atoms with Crippen LogP contribution in [0.3, 0.4) is 0 Å².